The van der Waals surface area contributed by atoms with Gasteiger partial charge in [-0.15, -0.1) is 0 Å². The molecule has 0 aromatic heterocycles. The first kappa shape index (κ1) is 12.4. The molecule has 0 unspecified atom stereocenters. The van der Waals surface area contributed by atoms with E-state index in [1.54, 1.807) is 0 Å². The maximum atomic E-state index is 3.64. The van der Waals surface area contributed by atoms with Crippen LogP contribution in [0.15, 0.2) is 24.3 Å². The van der Waals surface area contributed by atoms with Gasteiger partial charge >= 0.3 is 0 Å². The molecule has 0 saturated carbocycles. The predicted molar refractivity (Wildman–Crippen MR) is 74.7 cm³/mol. The molecule has 0 bridgehead atoms. The zero-order valence-electron chi connectivity index (χ0n) is 11.2. The monoisotopic (exact) mass is 232 g/mol. The van der Waals surface area contributed by atoms with Crippen LogP contribution in [0, 0.1) is 6.92 Å². The fraction of sp³-hybridized carbons (Fsp3) is 0.600. The van der Waals surface area contributed by atoms with Crippen LogP contribution in [0.25, 0.3) is 0 Å². The largest absolute Gasteiger partial charge is 0.371 e. The lowest BCUT2D eigenvalue weighted by molar-refractivity contribution is 0.387. The Labute approximate surface area is 105 Å². The van der Waals surface area contributed by atoms with Crippen molar-refractivity contribution in [1.29, 1.82) is 0 Å². The first-order valence-corrected chi connectivity index (χ1v) is 6.73. The number of anilines is 1. The highest BCUT2D eigenvalue weighted by Crippen LogP contribution is 2.21. The zero-order valence-corrected chi connectivity index (χ0v) is 11.2. The van der Waals surface area contributed by atoms with Gasteiger partial charge in [-0.2, -0.15) is 0 Å². The summed E-state index contributed by atoms with van der Waals surface area (Å²) in [5.41, 5.74) is 2.73. The van der Waals surface area contributed by atoms with Gasteiger partial charge in [0.1, 0.15) is 0 Å². The molecule has 1 fully saturated rings. The number of rotatable bonds is 3. The van der Waals surface area contributed by atoms with Crippen molar-refractivity contribution in [2.45, 2.75) is 45.7 Å². The highest BCUT2D eigenvalue weighted by molar-refractivity contribution is 5.48. The van der Waals surface area contributed by atoms with Crippen LogP contribution >= 0.6 is 0 Å². The topological polar surface area (TPSA) is 15.3 Å². The Balaban J connectivity index is 1.91. The Hall–Kier alpha value is -1.02. The molecule has 2 rings (SSSR count). The summed E-state index contributed by atoms with van der Waals surface area (Å²) < 4.78 is 0. The van der Waals surface area contributed by atoms with Gasteiger partial charge in [-0.25, -0.2) is 0 Å². The molecule has 0 atom stereocenters. The summed E-state index contributed by atoms with van der Waals surface area (Å²) in [5.74, 6) is 0. The van der Waals surface area contributed by atoms with Crippen molar-refractivity contribution >= 4 is 5.69 Å². The number of piperidine rings is 1. The van der Waals surface area contributed by atoms with Crippen molar-refractivity contribution < 1.29 is 0 Å². The van der Waals surface area contributed by atoms with Crippen molar-refractivity contribution in [1.82, 2.24) is 5.32 Å². The molecule has 1 aromatic carbocycles. The summed E-state index contributed by atoms with van der Waals surface area (Å²) in [7, 11) is 0. The van der Waals surface area contributed by atoms with Gasteiger partial charge < -0.3 is 10.2 Å². The van der Waals surface area contributed by atoms with Crippen molar-refractivity contribution in [2.24, 2.45) is 0 Å². The normalized spacial score (nSPS) is 17.8. The number of benzene rings is 1. The molecule has 2 nitrogen and oxygen atoms in total. The van der Waals surface area contributed by atoms with Crippen LogP contribution in [0.5, 0.6) is 0 Å². The molecule has 0 radical (unpaired) electrons. The Morgan fingerprint density at radius 2 is 1.94 bits per heavy atom. The SMILES string of the molecule is Cc1cccc(N2CCC(NC(C)C)CC2)c1. The second kappa shape index (κ2) is 5.54. The molecular formula is C15H24N2. The molecule has 0 amide bonds. The van der Waals surface area contributed by atoms with Gasteiger partial charge in [-0.3, -0.25) is 0 Å². The molecule has 1 heterocycles. The number of hydrogen-bond donors (Lipinski definition) is 1. The van der Waals surface area contributed by atoms with Gasteiger partial charge in [-0.05, 0) is 37.5 Å². The fourth-order valence-corrected chi connectivity index (χ4v) is 2.60. The van der Waals surface area contributed by atoms with Crippen LogP contribution in [-0.4, -0.2) is 25.2 Å². The molecule has 1 N–H and O–H groups in total. The van der Waals surface area contributed by atoms with E-state index in [2.05, 4.69) is 55.3 Å². The van der Waals surface area contributed by atoms with E-state index in [4.69, 9.17) is 0 Å². The van der Waals surface area contributed by atoms with Gasteiger partial charge in [0.25, 0.3) is 0 Å². The molecular weight excluding hydrogens is 208 g/mol. The minimum atomic E-state index is 0.602. The van der Waals surface area contributed by atoms with E-state index in [1.807, 2.05) is 0 Å². The molecule has 2 heteroatoms. The van der Waals surface area contributed by atoms with Crippen LogP contribution in [0.3, 0.4) is 0 Å². The van der Waals surface area contributed by atoms with E-state index < -0.39 is 0 Å². The zero-order chi connectivity index (χ0) is 12.3. The van der Waals surface area contributed by atoms with Gasteiger partial charge in [0.15, 0.2) is 0 Å². The highest BCUT2D eigenvalue weighted by atomic mass is 15.1. The molecule has 94 valence electrons. The standard InChI is InChI=1S/C15H24N2/c1-12(2)16-14-7-9-17(10-8-14)15-6-4-5-13(3)11-15/h4-6,11-12,14,16H,7-10H2,1-3H3. The van der Waals surface area contributed by atoms with Gasteiger partial charge in [0.05, 0.1) is 0 Å². The molecule has 1 aliphatic rings. The predicted octanol–water partition coefficient (Wildman–Crippen LogP) is 2.96. The molecule has 1 aromatic rings. The Bertz CT molecular complexity index is 352. The second-order valence-corrected chi connectivity index (χ2v) is 5.42. The smallest absolute Gasteiger partial charge is 0.0368 e. The lowest BCUT2D eigenvalue weighted by atomic mass is 10.0. The Morgan fingerprint density at radius 3 is 2.53 bits per heavy atom. The van der Waals surface area contributed by atoms with E-state index in [0.717, 1.165) is 0 Å². The molecule has 0 spiro atoms. The molecule has 17 heavy (non-hydrogen) atoms. The van der Waals surface area contributed by atoms with Crippen LogP contribution in [0.1, 0.15) is 32.3 Å². The third kappa shape index (κ3) is 3.47. The number of nitrogens with one attached hydrogen (secondary N) is 1. The quantitative estimate of drug-likeness (QED) is 0.862. The third-order valence-corrected chi connectivity index (χ3v) is 3.43. The molecule has 0 aliphatic carbocycles. The fourth-order valence-electron chi connectivity index (χ4n) is 2.60. The van der Waals surface area contributed by atoms with Gasteiger partial charge in [-0.1, -0.05) is 26.0 Å². The maximum Gasteiger partial charge on any atom is 0.0368 e. The van der Waals surface area contributed by atoms with Crippen LogP contribution in [-0.2, 0) is 0 Å². The maximum absolute atomic E-state index is 3.64. The minimum Gasteiger partial charge on any atom is -0.371 e. The van der Waals surface area contributed by atoms with E-state index >= 15 is 0 Å². The number of hydrogen-bond acceptors (Lipinski definition) is 2. The van der Waals surface area contributed by atoms with Gasteiger partial charge in [0, 0.05) is 30.9 Å². The summed E-state index contributed by atoms with van der Waals surface area (Å²) in [4.78, 5) is 2.51. The summed E-state index contributed by atoms with van der Waals surface area (Å²) in [6.45, 7) is 8.97. The first-order valence-electron chi connectivity index (χ1n) is 6.73. The van der Waals surface area contributed by atoms with E-state index in [1.165, 1.54) is 37.2 Å². The summed E-state index contributed by atoms with van der Waals surface area (Å²) in [6, 6.07) is 10.1. The van der Waals surface area contributed by atoms with Crippen molar-refractivity contribution in [3.05, 3.63) is 29.8 Å². The highest BCUT2D eigenvalue weighted by Gasteiger charge is 2.19. The number of nitrogens with zero attached hydrogens (tertiary/aromatic N) is 1. The average molecular weight is 232 g/mol. The second-order valence-electron chi connectivity index (χ2n) is 5.42. The van der Waals surface area contributed by atoms with Crippen molar-refractivity contribution in [2.75, 3.05) is 18.0 Å². The lowest BCUT2D eigenvalue weighted by Crippen LogP contribution is -2.44. The summed E-state index contributed by atoms with van der Waals surface area (Å²) >= 11 is 0. The number of aryl methyl sites for hydroxylation is 1. The van der Waals surface area contributed by atoms with E-state index in [9.17, 15) is 0 Å². The van der Waals surface area contributed by atoms with E-state index in [0.29, 0.717) is 12.1 Å². The van der Waals surface area contributed by atoms with Crippen LogP contribution in [0.4, 0.5) is 5.69 Å². The first-order chi connectivity index (χ1) is 8.15. The Kier molecular flexibility index (Phi) is 4.06. The molecule has 1 saturated heterocycles. The molecule has 1 aliphatic heterocycles. The third-order valence-electron chi connectivity index (χ3n) is 3.43. The summed E-state index contributed by atoms with van der Waals surface area (Å²) in [6.07, 6.45) is 2.51. The summed E-state index contributed by atoms with van der Waals surface area (Å²) in [5, 5.41) is 3.64. The van der Waals surface area contributed by atoms with E-state index in [-0.39, 0.29) is 0 Å². The van der Waals surface area contributed by atoms with Crippen LogP contribution < -0.4 is 10.2 Å². The average Bonchev–Trinajstić information content (AvgIpc) is 2.29. The van der Waals surface area contributed by atoms with Crippen molar-refractivity contribution in [3.63, 3.8) is 0 Å². The van der Waals surface area contributed by atoms with Crippen molar-refractivity contribution in [3.8, 4) is 0 Å². The van der Waals surface area contributed by atoms with Gasteiger partial charge in [0.2, 0.25) is 0 Å². The minimum absolute atomic E-state index is 0.602. The van der Waals surface area contributed by atoms with Crippen LogP contribution in [0.2, 0.25) is 0 Å². The lowest BCUT2D eigenvalue weighted by Gasteiger charge is -2.35. The Morgan fingerprint density at radius 1 is 1.24 bits per heavy atom.